The predicted octanol–water partition coefficient (Wildman–Crippen LogP) is 3.49. The Hall–Kier alpha value is -1.87. The molecule has 0 aliphatic rings. The third-order valence-corrected chi connectivity index (χ3v) is 6.14. The van der Waals surface area contributed by atoms with Crippen molar-refractivity contribution in [1.29, 1.82) is 0 Å². The second kappa shape index (κ2) is 5.64. The van der Waals surface area contributed by atoms with Gasteiger partial charge in [0.1, 0.15) is 0 Å². The third kappa shape index (κ3) is 2.63. The smallest absolute Gasteiger partial charge is 0.337 e. The minimum Gasteiger partial charge on any atom is -0.478 e. The molecule has 0 aliphatic carbocycles. The first kappa shape index (κ1) is 16.0. The molecule has 1 heterocycles. The van der Waals surface area contributed by atoms with Gasteiger partial charge in [-0.05, 0) is 53.8 Å². The van der Waals surface area contributed by atoms with Crippen molar-refractivity contribution in [2.24, 2.45) is 0 Å². The van der Waals surface area contributed by atoms with Crippen LogP contribution in [0.25, 0.3) is 10.9 Å². The first-order valence-corrected chi connectivity index (χ1v) is 9.19. The van der Waals surface area contributed by atoms with Crippen LogP contribution in [-0.2, 0) is 10.0 Å². The maximum Gasteiger partial charge on any atom is 0.337 e. The summed E-state index contributed by atoms with van der Waals surface area (Å²) in [6, 6.07) is 11.5. The molecule has 0 atom stereocenters. The molecule has 0 fully saturated rings. The Morgan fingerprint density at radius 3 is 2.39 bits per heavy atom. The van der Waals surface area contributed by atoms with E-state index in [0.29, 0.717) is 14.5 Å². The third-order valence-electron chi connectivity index (χ3n) is 3.55. The largest absolute Gasteiger partial charge is 0.478 e. The molecule has 5 nitrogen and oxygen atoms in total. The molecule has 3 rings (SSSR count). The van der Waals surface area contributed by atoms with Crippen molar-refractivity contribution < 1.29 is 18.3 Å². The van der Waals surface area contributed by atoms with Gasteiger partial charge in [0.2, 0.25) is 0 Å². The molecule has 0 spiro atoms. The maximum atomic E-state index is 12.9. The summed E-state index contributed by atoms with van der Waals surface area (Å²) in [4.78, 5) is 11.6. The van der Waals surface area contributed by atoms with Crippen LogP contribution in [0.3, 0.4) is 0 Å². The summed E-state index contributed by atoms with van der Waals surface area (Å²) in [5.74, 6) is -1.16. The average Bonchev–Trinajstić information content (AvgIpc) is 2.89. The van der Waals surface area contributed by atoms with Gasteiger partial charge in [-0.25, -0.2) is 17.2 Å². The predicted molar refractivity (Wildman–Crippen MR) is 95.4 cm³/mol. The van der Waals surface area contributed by atoms with Crippen LogP contribution < -0.4 is 0 Å². The zero-order chi connectivity index (χ0) is 16.8. The van der Waals surface area contributed by atoms with Crippen LogP contribution in [0.5, 0.6) is 0 Å². The molecule has 3 aromatic rings. The van der Waals surface area contributed by atoms with Crippen molar-refractivity contribution in [3.8, 4) is 0 Å². The Morgan fingerprint density at radius 2 is 1.78 bits per heavy atom. The lowest BCUT2D eigenvalue weighted by atomic mass is 10.2. The van der Waals surface area contributed by atoms with Gasteiger partial charge >= 0.3 is 5.97 Å². The summed E-state index contributed by atoms with van der Waals surface area (Å²) in [5.41, 5.74) is 1.28. The van der Waals surface area contributed by atoms with Crippen molar-refractivity contribution in [2.45, 2.75) is 11.8 Å². The summed E-state index contributed by atoms with van der Waals surface area (Å²) in [7, 11) is -3.86. The number of hydrogen-bond donors (Lipinski definition) is 1. The molecular weight excluding hydrogens is 429 g/mol. The lowest BCUT2D eigenvalue weighted by molar-refractivity contribution is 0.0699. The first-order chi connectivity index (χ1) is 10.8. The number of aromatic nitrogens is 1. The highest BCUT2D eigenvalue weighted by atomic mass is 127. The second-order valence-corrected chi connectivity index (χ2v) is 8.07. The van der Waals surface area contributed by atoms with E-state index in [1.165, 1.54) is 18.3 Å². The minimum absolute atomic E-state index is 0.0271. The normalized spacial score (nSPS) is 11.7. The number of aromatic carboxylic acids is 1. The molecular formula is C16H12INO4S. The van der Waals surface area contributed by atoms with Gasteiger partial charge in [-0.15, -0.1) is 0 Å². The molecule has 1 N–H and O–H groups in total. The number of carbonyl (C=O) groups is 1. The zero-order valence-corrected chi connectivity index (χ0v) is 15.0. The number of carboxylic acids is 1. The monoisotopic (exact) mass is 441 g/mol. The van der Waals surface area contributed by atoms with Crippen LogP contribution in [0.15, 0.2) is 53.6 Å². The van der Waals surface area contributed by atoms with Crippen molar-refractivity contribution in [3.05, 3.63) is 63.4 Å². The molecule has 0 unspecified atom stereocenters. The maximum absolute atomic E-state index is 12.9. The molecule has 0 saturated heterocycles. The van der Waals surface area contributed by atoms with E-state index in [2.05, 4.69) is 0 Å². The van der Waals surface area contributed by atoms with Gasteiger partial charge in [-0.3, -0.25) is 0 Å². The minimum atomic E-state index is -3.86. The van der Waals surface area contributed by atoms with E-state index in [4.69, 9.17) is 0 Å². The van der Waals surface area contributed by atoms with Crippen molar-refractivity contribution in [3.63, 3.8) is 0 Å². The van der Waals surface area contributed by atoms with E-state index in [0.717, 1.165) is 9.54 Å². The van der Waals surface area contributed by atoms with Crippen LogP contribution in [0, 0.1) is 10.5 Å². The molecule has 0 saturated carbocycles. The number of aryl methyl sites for hydroxylation is 1. The number of benzene rings is 2. The van der Waals surface area contributed by atoms with E-state index >= 15 is 0 Å². The summed E-state index contributed by atoms with van der Waals surface area (Å²) >= 11 is 2.01. The fourth-order valence-corrected chi connectivity index (χ4v) is 4.54. The van der Waals surface area contributed by atoms with Gasteiger partial charge in [-0.1, -0.05) is 23.8 Å². The van der Waals surface area contributed by atoms with Crippen LogP contribution in [0.1, 0.15) is 15.9 Å². The topological polar surface area (TPSA) is 76.4 Å². The Morgan fingerprint density at radius 1 is 1.13 bits per heavy atom. The summed E-state index contributed by atoms with van der Waals surface area (Å²) in [6.45, 7) is 1.87. The summed E-state index contributed by atoms with van der Waals surface area (Å²) in [5, 5.41) is 9.81. The number of nitrogens with zero attached hydrogens (tertiary/aromatic N) is 1. The summed E-state index contributed by atoms with van der Waals surface area (Å²) < 4.78 is 27.5. The number of fused-ring (bicyclic) bond motifs is 1. The van der Waals surface area contributed by atoms with E-state index in [1.807, 2.05) is 29.5 Å². The molecule has 7 heteroatoms. The van der Waals surface area contributed by atoms with Crippen LogP contribution in [-0.4, -0.2) is 23.5 Å². The summed E-state index contributed by atoms with van der Waals surface area (Å²) in [6.07, 6.45) is 1.17. The van der Waals surface area contributed by atoms with Crippen LogP contribution in [0.4, 0.5) is 0 Å². The zero-order valence-electron chi connectivity index (χ0n) is 12.0. The molecule has 118 valence electrons. The molecule has 1 aromatic heterocycles. The molecule has 0 radical (unpaired) electrons. The van der Waals surface area contributed by atoms with Crippen molar-refractivity contribution >= 4 is 49.5 Å². The van der Waals surface area contributed by atoms with Crippen LogP contribution in [0.2, 0.25) is 0 Å². The van der Waals surface area contributed by atoms with E-state index < -0.39 is 16.0 Å². The van der Waals surface area contributed by atoms with Gasteiger partial charge in [0.05, 0.1) is 16.0 Å². The van der Waals surface area contributed by atoms with E-state index in [1.54, 1.807) is 30.3 Å². The quantitative estimate of drug-likeness (QED) is 0.632. The SMILES string of the molecule is Cc1ccc(S(=O)(=O)n2cc(C(=O)O)c3c(I)cccc32)cc1. The van der Waals surface area contributed by atoms with E-state index in [-0.39, 0.29) is 10.5 Å². The average molecular weight is 441 g/mol. The number of rotatable bonds is 3. The highest BCUT2D eigenvalue weighted by Gasteiger charge is 2.24. The molecule has 23 heavy (non-hydrogen) atoms. The molecule has 0 aliphatic heterocycles. The molecule has 0 amide bonds. The second-order valence-electron chi connectivity index (χ2n) is 5.10. The van der Waals surface area contributed by atoms with Gasteiger partial charge in [0.15, 0.2) is 0 Å². The fraction of sp³-hybridized carbons (Fsp3) is 0.0625. The Kier molecular flexibility index (Phi) is 3.93. The number of hydrogen-bond acceptors (Lipinski definition) is 3. The van der Waals surface area contributed by atoms with Gasteiger partial charge in [0.25, 0.3) is 10.0 Å². The van der Waals surface area contributed by atoms with E-state index in [9.17, 15) is 18.3 Å². The molecule has 0 bridgehead atoms. The highest BCUT2D eigenvalue weighted by molar-refractivity contribution is 14.1. The lowest BCUT2D eigenvalue weighted by Gasteiger charge is -2.08. The lowest BCUT2D eigenvalue weighted by Crippen LogP contribution is -2.12. The highest BCUT2D eigenvalue weighted by Crippen LogP contribution is 2.29. The number of halogens is 1. The van der Waals surface area contributed by atoms with Crippen molar-refractivity contribution in [1.82, 2.24) is 3.97 Å². The number of carboxylic acid groups (broad SMARTS) is 1. The Balaban J connectivity index is 2.34. The fourth-order valence-electron chi connectivity index (χ4n) is 2.40. The van der Waals surface area contributed by atoms with Gasteiger partial charge in [-0.2, -0.15) is 0 Å². The van der Waals surface area contributed by atoms with Gasteiger partial charge < -0.3 is 5.11 Å². The Bertz CT molecular complexity index is 1020. The first-order valence-electron chi connectivity index (χ1n) is 6.67. The Labute approximate surface area is 146 Å². The van der Waals surface area contributed by atoms with Crippen molar-refractivity contribution in [2.75, 3.05) is 0 Å². The van der Waals surface area contributed by atoms with Gasteiger partial charge in [0, 0.05) is 15.2 Å². The standard InChI is InChI=1S/C16H12INO4S/c1-10-5-7-11(8-6-10)23(21,22)18-9-12(16(19)20)15-13(17)3-2-4-14(15)18/h2-9H,1H3,(H,19,20). The van der Waals surface area contributed by atoms with Crippen LogP contribution >= 0.6 is 22.6 Å². The molecule has 2 aromatic carbocycles.